The summed E-state index contributed by atoms with van der Waals surface area (Å²) in [5.41, 5.74) is 3.33. The number of nitrogens with zero attached hydrogens (tertiary/aromatic N) is 1. The lowest BCUT2D eigenvalue weighted by Gasteiger charge is -2.40. The van der Waals surface area contributed by atoms with E-state index in [9.17, 15) is 4.79 Å². The van der Waals surface area contributed by atoms with Crippen molar-refractivity contribution in [3.63, 3.8) is 0 Å². The number of hydrogen-bond donors (Lipinski definition) is 0. The van der Waals surface area contributed by atoms with Gasteiger partial charge < -0.3 is 14.4 Å². The van der Waals surface area contributed by atoms with Crippen LogP contribution in [-0.4, -0.2) is 31.6 Å². The van der Waals surface area contributed by atoms with Crippen molar-refractivity contribution in [1.82, 2.24) is 4.90 Å². The Morgan fingerprint density at radius 2 is 1.76 bits per heavy atom. The Morgan fingerprint density at radius 1 is 1.03 bits per heavy atom. The number of benzene rings is 2. The fourth-order valence-corrected chi connectivity index (χ4v) is 5.00. The molecule has 1 heterocycles. The summed E-state index contributed by atoms with van der Waals surface area (Å²) in [7, 11) is 3.30. The second-order valence-electron chi connectivity index (χ2n) is 7.98. The molecule has 0 spiro atoms. The standard InChI is InChI=1S/C24H28ClNO3/c1-28-21-14-17-11-12-26(24(27)16-7-4-3-5-8-16)23(20(17)15-22(21)29-2)18-9-6-10-19(25)13-18/h6,9-10,13-16,23H,3-5,7-8,11-12H2,1-2H3/t23-/m1/s1. The fourth-order valence-electron chi connectivity index (χ4n) is 4.80. The highest BCUT2D eigenvalue weighted by Gasteiger charge is 2.36. The summed E-state index contributed by atoms with van der Waals surface area (Å²) in [6.07, 6.45) is 6.33. The quantitative estimate of drug-likeness (QED) is 0.672. The van der Waals surface area contributed by atoms with Crippen molar-refractivity contribution in [3.8, 4) is 11.5 Å². The Morgan fingerprint density at radius 3 is 2.45 bits per heavy atom. The van der Waals surface area contributed by atoms with E-state index in [1.54, 1.807) is 14.2 Å². The maximum absolute atomic E-state index is 13.5. The summed E-state index contributed by atoms with van der Waals surface area (Å²) in [4.78, 5) is 15.6. The van der Waals surface area contributed by atoms with Crippen molar-refractivity contribution >= 4 is 17.5 Å². The van der Waals surface area contributed by atoms with Gasteiger partial charge in [0.05, 0.1) is 20.3 Å². The van der Waals surface area contributed by atoms with E-state index < -0.39 is 0 Å². The van der Waals surface area contributed by atoms with Crippen molar-refractivity contribution in [3.05, 3.63) is 58.1 Å². The summed E-state index contributed by atoms with van der Waals surface area (Å²) in [5.74, 6) is 1.82. The maximum atomic E-state index is 13.5. The molecule has 29 heavy (non-hydrogen) atoms. The second-order valence-corrected chi connectivity index (χ2v) is 8.42. The van der Waals surface area contributed by atoms with Crippen LogP contribution in [-0.2, 0) is 11.2 Å². The molecule has 1 aliphatic heterocycles. The van der Waals surface area contributed by atoms with Gasteiger partial charge in [0.25, 0.3) is 0 Å². The van der Waals surface area contributed by atoms with Crippen LogP contribution in [0.15, 0.2) is 36.4 Å². The van der Waals surface area contributed by atoms with E-state index in [1.165, 1.54) is 12.0 Å². The van der Waals surface area contributed by atoms with Crippen LogP contribution >= 0.6 is 11.6 Å². The van der Waals surface area contributed by atoms with Crippen molar-refractivity contribution in [2.45, 2.75) is 44.6 Å². The lowest BCUT2D eigenvalue weighted by atomic mass is 9.84. The third-order valence-electron chi connectivity index (χ3n) is 6.28. The lowest BCUT2D eigenvalue weighted by Crippen LogP contribution is -2.44. The molecule has 1 atom stereocenters. The minimum atomic E-state index is -0.160. The van der Waals surface area contributed by atoms with Crippen LogP contribution in [0, 0.1) is 5.92 Å². The van der Waals surface area contributed by atoms with Gasteiger partial charge in [-0.25, -0.2) is 0 Å². The molecule has 0 saturated heterocycles. The third-order valence-corrected chi connectivity index (χ3v) is 6.51. The molecular weight excluding hydrogens is 386 g/mol. The maximum Gasteiger partial charge on any atom is 0.226 e. The van der Waals surface area contributed by atoms with Gasteiger partial charge in [0.2, 0.25) is 5.91 Å². The van der Waals surface area contributed by atoms with Crippen molar-refractivity contribution in [1.29, 1.82) is 0 Å². The van der Waals surface area contributed by atoms with Gasteiger partial charge in [0, 0.05) is 17.5 Å². The Kier molecular flexibility index (Phi) is 6.00. The van der Waals surface area contributed by atoms with Crippen molar-refractivity contribution < 1.29 is 14.3 Å². The average molecular weight is 414 g/mol. The van der Waals surface area contributed by atoms with Crippen LogP contribution in [0.4, 0.5) is 0 Å². The number of carbonyl (C=O) groups excluding carboxylic acids is 1. The minimum Gasteiger partial charge on any atom is -0.493 e. The van der Waals surface area contributed by atoms with Crippen molar-refractivity contribution in [2.24, 2.45) is 5.92 Å². The Hall–Kier alpha value is -2.20. The highest BCUT2D eigenvalue weighted by molar-refractivity contribution is 6.30. The molecule has 2 aromatic rings. The zero-order valence-corrected chi connectivity index (χ0v) is 17.9. The molecule has 1 fully saturated rings. The average Bonchev–Trinajstić information content (AvgIpc) is 2.77. The summed E-state index contributed by atoms with van der Waals surface area (Å²) >= 11 is 6.33. The predicted molar refractivity (Wildman–Crippen MR) is 115 cm³/mol. The first-order valence-corrected chi connectivity index (χ1v) is 10.8. The molecule has 0 bridgehead atoms. The number of ether oxygens (including phenoxy) is 2. The molecule has 4 nitrogen and oxygen atoms in total. The Bertz CT molecular complexity index is 892. The molecule has 0 unspecified atom stereocenters. The molecule has 2 aromatic carbocycles. The van der Waals surface area contributed by atoms with Gasteiger partial charge >= 0.3 is 0 Å². The summed E-state index contributed by atoms with van der Waals surface area (Å²) in [6.45, 7) is 0.703. The van der Waals surface area contributed by atoms with Crippen LogP contribution in [0.1, 0.15) is 54.8 Å². The van der Waals surface area contributed by atoms with Gasteiger partial charge in [-0.1, -0.05) is 43.0 Å². The molecule has 154 valence electrons. The zero-order chi connectivity index (χ0) is 20.4. The van der Waals surface area contributed by atoms with E-state index in [1.807, 2.05) is 30.3 Å². The minimum absolute atomic E-state index is 0.132. The number of carbonyl (C=O) groups is 1. The topological polar surface area (TPSA) is 38.8 Å². The number of hydrogen-bond acceptors (Lipinski definition) is 3. The van der Waals surface area contributed by atoms with Crippen LogP contribution in [0.5, 0.6) is 11.5 Å². The van der Waals surface area contributed by atoms with Gasteiger partial charge in [0.1, 0.15) is 0 Å². The lowest BCUT2D eigenvalue weighted by molar-refractivity contribution is -0.138. The van der Waals surface area contributed by atoms with E-state index in [2.05, 4.69) is 11.0 Å². The fraction of sp³-hybridized carbons (Fsp3) is 0.458. The highest BCUT2D eigenvalue weighted by Crippen LogP contribution is 2.42. The molecule has 5 heteroatoms. The van der Waals surface area contributed by atoms with Crippen molar-refractivity contribution in [2.75, 3.05) is 20.8 Å². The first kappa shape index (κ1) is 20.1. The molecule has 1 amide bonds. The van der Waals surface area contributed by atoms with Crippen LogP contribution < -0.4 is 9.47 Å². The van der Waals surface area contributed by atoms with E-state index >= 15 is 0 Å². The second kappa shape index (κ2) is 8.66. The molecular formula is C24H28ClNO3. The smallest absolute Gasteiger partial charge is 0.226 e. The first-order chi connectivity index (χ1) is 14.1. The van der Waals surface area contributed by atoms with E-state index in [0.29, 0.717) is 17.3 Å². The first-order valence-electron chi connectivity index (χ1n) is 10.4. The van der Waals surface area contributed by atoms with E-state index in [4.69, 9.17) is 21.1 Å². The third kappa shape index (κ3) is 3.95. The summed E-state index contributed by atoms with van der Waals surface area (Å²) < 4.78 is 11.1. The largest absolute Gasteiger partial charge is 0.493 e. The van der Waals surface area contributed by atoms with Gasteiger partial charge in [-0.05, 0) is 60.2 Å². The Labute approximate surface area is 177 Å². The highest BCUT2D eigenvalue weighted by atomic mass is 35.5. The monoisotopic (exact) mass is 413 g/mol. The number of halogens is 1. The SMILES string of the molecule is COc1cc2c(cc1OC)[C@@H](c1cccc(Cl)c1)N(C(=O)C1CCCCC1)CC2. The molecule has 0 radical (unpaired) electrons. The molecule has 1 aliphatic carbocycles. The normalized spacial score (nSPS) is 19.6. The molecule has 0 aromatic heterocycles. The van der Waals surface area contributed by atoms with E-state index in [0.717, 1.165) is 49.0 Å². The van der Waals surface area contributed by atoms with Gasteiger partial charge in [-0.2, -0.15) is 0 Å². The molecule has 1 saturated carbocycles. The number of methoxy groups -OCH3 is 2. The summed E-state index contributed by atoms with van der Waals surface area (Å²) in [6, 6.07) is 11.8. The van der Waals surface area contributed by atoms with Gasteiger partial charge in [-0.3, -0.25) is 4.79 Å². The van der Waals surface area contributed by atoms with Crippen LogP contribution in [0.2, 0.25) is 5.02 Å². The van der Waals surface area contributed by atoms with E-state index in [-0.39, 0.29) is 17.9 Å². The molecule has 4 rings (SSSR count). The predicted octanol–water partition coefficient (Wildman–Crippen LogP) is 5.41. The number of amides is 1. The number of fused-ring (bicyclic) bond motifs is 1. The Balaban J connectivity index is 1.79. The van der Waals surface area contributed by atoms with Crippen LogP contribution in [0.3, 0.4) is 0 Å². The number of rotatable bonds is 4. The molecule has 2 aliphatic rings. The molecule has 0 N–H and O–H groups in total. The van der Waals surface area contributed by atoms with Gasteiger partial charge in [0.15, 0.2) is 11.5 Å². The zero-order valence-electron chi connectivity index (χ0n) is 17.1. The van der Waals surface area contributed by atoms with Gasteiger partial charge in [-0.15, -0.1) is 0 Å². The van der Waals surface area contributed by atoms with Crippen LogP contribution in [0.25, 0.3) is 0 Å². The summed E-state index contributed by atoms with van der Waals surface area (Å²) in [5, 5.41) is 0.681.